The van der Waals surface area contributed by atoms with E-state index in [1.165, 1.54) is 5.56 Å². The summed E-state index contributed by atoms with van der Waals surface area (Å²) in [6.45, 7) is 3.32. The summed E-state index contributed by atoms with van der Waals surface area (Å²) in [7, 11) is 0. The molecule has 0 saturated carbocycles. The van der Waals surface area contributed by atoms with Gasteiger partial charge < -0.3 is 19.8 Å². The van der Waals surface area contributed by atoms with Crippen molar-refractivity contribution in [3.05, 3.63) is 65.4 Å². The fraction of sp³-hybridized carbons (Fsp3) is 0.300. The molecule has 1 aromatic carbocycles. The Balaban J connectivity index is 1.24. The Hall–Kier alpha value is -3.46. The van der Waals surface area contributed by atoms with Crippen LogP contribution in [0.1, 0.15) is 33.7 Å². The standard InChI is InChI=1S/C20H20N6O3/c21-18(27)19-24-23-17-11-25(8-9-26(17)19)10-13-3-5-14(6-4-13)16-12-28-15-2-1-7-22-20(15)29-16/h1-7,16H,8-12H2,(H2,21,27). The van der Waals surface area contributed by atoms with Crippen LogP contribution in [0.5, 0.6) is 11.6 Å². The maximum absolute atomic E-state index is 11.4. The van der Waals surface area contributed by atoms with Gasteiger partial charge in [0.25, 0.3) is 11.8 Å². The van der Waals surface area contributed by atoms with E-state index in [2.05, 4.69) is 44.3 Å². The highest BCUT2D eigenvalue weighted by Crippen LogP contribution is 2.34. The molecule has 9 heteroatoms. The average Bonchev–Trinajstić information content (AvgIpc) is 3.17. The number of aromatic nitrogens is 4. The number of nitrogens with zero attached hydrogens (tertiary/aromatic N) is 5. The summed E-state index contributed by atoms with van der Waals surface area (Å²) in [5, 5.41) is 8.00. The predicted octanol–water partition coefficient (Wildman–Crippen LogP) is 1.30. The highest BCUT2D eigenvalue weighted by molar-refractivity contribution is 5.89. The number of hydrogen-bond donors (Lipinski definition) is 1. The Morgan fingerprint density at radius 1 is 1.17 bits per heavy atom. The Morgan fingerprint density at radius 2 is 2.03 bits per heavy atom. The van der Waals surface area contributed by atoms with Crippen LogP contribution in [-0.4, -0.2) is 43.7 Å². The zero-order chi connectivity index (χ0) is 19.8. The monoisotopic (exact) mass is 392 g/mol. The highest BCUT2D eigenvalue weighted by atomic mass is 16.6. The van der Waals surface area contributed by atoms with Crippen molar-refractivity contribution < 1.29 is 14.3 Å². The lowest BCUT2D eigenvalue weighted by molar-refractivity contribution is 0.0850. The number of hydrogen-bond acceptors (Lipinski definition) is 7. The molecule has 2 aliphatic heterocycles. The van der Waals surface area contributed by atoms with Crippen molar-refractivity contribution in [3.8, 4) is 11.6 Å². The molecule has 0 radical (unpaired) electrons. The van der Waals surface area contributed by atoms with Crippen LogP contribution in [0.25, 0.3) is 0 Å². The SMILES string of the molecule is NC(=O)c1nnc2n1CCN(Cc1ccc(C3COc4cccnc4O3)cc1)C2. The largest absolute Gasteiger partial charge is 0.484 e. The number of carbonyl (C=O) groups is 1. The van der Waals surface area contributed by atoms with Crippen LogP contribution in [0.4, 0.5) is 0 Å². The van der Waals surface area contributed by atoms with Crippen LogP contribution in [0, 0.1) is 0 Å². The molecule has 148 valence electrons. The van der Waals surface area contributed by atoms with Gasteiger partial charge in [0.15, 0.2) is 11.9 Å². The molecule has 0 spiro atoms. The second kappa shape index (κ2) is 7.17. The number of rotatable bonds is 4. The molecule has 0 saturated heterocycles. The third kappa shape index (κ3) is 3.40. The van der Waals surface area contributed by atoms with Crippen LogP contribution in [-0.2, 0) is 19.6 Å². The highest BCUT2D eigenvalue weighted by Gasteiger charge is 2.25. The predicted molar refractivity (Wildman–Crippen MR) is 102 cm³/mol. The fourth-order valence-corrected chi connectivity index (χ4v) is 3.69. The summed E-state index contributed by atoms with van der Waals surface area (Å²) < 4.78 is 13.5. The van der Waals surface area contributed by atoms with E-state index in [1.807, 2.05) is 12.1 Å². The Kier molecular flexibility index (Phi) is 4.36. The van der Waals surface area contributed by atoms with E-state index in [0.29, 0.717) is 31.3 Å². The number of nitrogens with two attached hydrogens (primary N) is 1. The maximum Gasteiger partial charge on any atom is 0.286 e. The first-order chi connectivity index (χ1) is 14.2. The van der Waals surface area contributed by atoms with E-state index >= 15 is 0 Å². The molecule has 1 unspecified atom stereocenters. The van der Waals surface area contributed by atoms with Crippen molar-refractivity contribution in [1.29, 1.82) is 0 Å². The third-order valence-electron chi connectivity index (χ3n) is 5.19. The smallest absolute Gasteiger partial charge is 0.286 e. The van der Waals surface area contributed by atoms with Gasteiger partial charge in [0, 0.05) is 25.8 Å². The van der Waals surface area contributed by atoms with Gasteiger partial charge in [0.1, 0.15) is 12.4 Å². The van der Waals surface area contributed by atoms with Gasteiger partial charge in [-0.2, -0.15) is 0 Å². The molecule has 4 heterocycles. The molecular formula is C20H20N6O3. The van der Waals surface area contributed by atoms with Crippen molar-refractivity contribution in [2.45, 2.75) is 25.7 Å². The average molecular weight is 392 g/mol. The van der Waals surface area contributed by atoms with E-state index < -0.39 is 5.91 Å². The first kappa shape index (κ1) is 17.6. The number of primary amides is 1. The van der Waals surface area contributed by atoms with Crippen LogP contribution in [0.2, 0.25) is 0 Å². The van der Waals surface area contributed by atoms with E-state index in [4.69, 9.17) is 15.2 Å². The summed E-state index contributed by atoms with van der Waals surface area (Å²) in [5.41, 5.74) is 7.58. The number of pyridine rings is 1. The molecule has 29 heavy (non-hydrogen) atoms. The molecular weight excluding hydrogens is 372 g/mol. The van der Waals surface area contributed by atoms with E-state index in [1.54, 1.807) is 10.8 Å². The van der Waals surface area contributed by atoms with E-state index in [9.17, 15) is 4.79 Å². The summed E-state index contributed by atoms with van der Waals surface area (Å²) >= 11 is 0. The van der Waals surface area contributed by atoms with Crippen LogP contribution < -0.4 is 15.2 Å². The van der Waals surface area contributed by atoms with Gasteiger partial charge in [-0.25, -0.2) is 4.98 Å². The molecule has 1 atom stereocenters. The number of fused-ring (bicyclic) bond motifs is 2. The topological polar surface area (TPSA) is 108 Å². The molecule has 2 aromatic heterocycles. The Bertz CT molecular complexity index is 1050. The van der Waals surface area contributed by atoms with Crippen molar-refractivity contribution in [2.75, 3.05) is 13.2 Å². The minimum atomic E-state index is -0.542. The zero-order valence-corrected chi connectivity index (χ0v) is 15.7. The molecule has 2 aliphatic rings. The first-order valence-electron chi connectivity index (χ1n) is 9.45. The summed E-state index contributed by atoms with van der Waals surface area (Å²) in [4.78, 5) is 17.9. The molecule has 9 nitrogen and oxygen atoms in total. The quantitative estimate of drug-likeness (QED) is 0.713. The number of amides is 1. The van der Waals surface area contributed by atoms with Gasteiger partial charge in [-0.1, -0.05) is 24.3 Å². The molecule has 0 fully saturated rings. The van der Waals surface area contributed by atoms with Crippen molar-refractivity contribution in [2.24, 2.45) is 5.73 Å². The lowest BCUT2D eigenvalue weighted by Crippen LogP contribution is -2.35. The summed E-state index contributed by atoms with van der Waals surface area (Å²) in [6, 6.07) is 12.0. The minimum Gasteiger partial charge on any atom is -0.484 e. The normalized spacial score (nSPS) is 18.3. The molecule has 3 aromatic rings. The van der Waals surface area contributed by atoms with Gasteiger partial charge in [-0.05, 0) is 23.3 Å². The summed E-state index contributed by atoms with van der Waals surface area (Å²) in [6.07, 6.45) is 1.52. The van der Waals surface area contributed by atoms with Crippen LogP contribution in [0.3, 0.4) is 0 Å². The number of benzene rings is 1. The second-order valence-corrected chi connectivity index (χ2v) is 7.13. The van der Waals surface area contributed by atoms with E-state index in [-0.39, 0.29) is 11.9 Å². The Morgan fingerprint density at radius 3 is 2.86 bits per heavy atom. The van der Waals surface area contributed by atoms with Gasteiger partial charge in [0.05, 0.1) is 6.54 Å². The second-order valence-electron chi connectivity index (χ2n) is 7.13. The fourth-order valence-electron chi connectivity index (χ4n) is 3.69. The van der Waals surface area contributed by atoms with E-state index in [0.717, 1.165) is 24.5 Å². The molecule has 1 amide bonds. The number of ether oxygens (including phenoxy) is 2. The zero-order valence-electron chi connectivity index (χ0n) is 15.7. The van der Waals surface area contributed by atoms with Gasteiger partial charge in [-0.15, -0.1) is 10.2 Å². The van der Waals surface area contributed by atoms with Crippen molar-refractivity contribution >= 4 is 5.91 Å². The molecule has 2 N–H and O–H groups in total. The van der Waals surface area contributed by atoms with Crippen molar-refractivity contribution in [3.63, 3.8) is 0 Å². The maximum atomic E-state index is 11.4. The number of carbonyl (C=O) groups excluding carboxylic acids is 1. The molecule has 0 bridgehead atoms. The first-order valence-corrected chi connectivity index (χ1v) is 9.45. The lowest BCUT2D eigenvalue weighted by Gasteiger charge is -2.28. The van der Waals surface area contributed by atoms with Crippen molar-refractivity contribution in [1.82, 2.24) is 24.6 Å². The van der Waals surface area contributed by atoms with Crippen LogP contribution >= 0.6 is 0 Å². The van der Waals surface area contributed by atoms with Crippen LogP contribution in [0.15, 0.2) is 42.6 Å². The lowest BCUT2D eigenvalue weighted by atomic mass is 10.1. The third-order valence-corrected chi connectivity index (χ3v) is 5.19. The molecule has 0 aliphatic carbocycles. The summed E-state index contributed by atoms with van der Waals surface area (Å²) in [5.74, 6) is 1.66. The Labute approximate surface area is 167 Å². The van der Waals surface area contributed by atoms with Gasteiger partial charge in [-0.3, -0.25) is 9.69 Å². The minimum absolute atomic E-state index is 0.174. The van der Waals surface area contributed by atoms with Gasteiger partial charge >= 0.3 is 0 Å². The van der Waals surface area contributed by atoms with Gasteiger partial charge in [0.2, 0.25) is 5.82 Å². The molecule has 5 rings (SSSR count).